The lowest BCUT2D eigenvalue weighted by Gasteiger charge is -2.28. The van der Waals surface area contributed by atoms with Gasteiger partial charge in [-0.05, 0) is 62.1 Å². The van der Waals surface area contributed by atoms with Gasteiger partial charge in [0, 0.05) is 17.1 Å². The van der Waals surface area contributed by atoms with E-state index in [0.717, 1.165) is 34.5 Å². The molecule has 194 valence electrons. The summed E-state index contributed by atoms with van der Waals surface area (Å²) < 4.78 is 5.69. The molecule has 3 aromatic rings. The topological polar surface area (TPSA) is 107 Å². The highest BCUT2D eigenvalue weighted by molar-refractivity contribution is 8.03. The number of para-hydroxylation sites is 2. The van der Waals surface area contributed by atoms with E-state index in [1.807, 2.05) is 63.2 Å². The number of carbonyl (C=O) groups is 2. The summed E-state index contributed by atoms with van der Waals surface area (Å²) in [6.45, 7) is 7.70. The van der Waals surface area contributed by atoms with Crippen LogP contribution in [0.3, 0.4) is 0 Å². The highest BCUT2D eigenvalue weighted by Crippen LogP contribution is 2.41. The third kappa shape index (κ3) is 5.68. The van der Waals surface area contributed by atoms with Crippen LogP contribution in [0.2, 0.25) is 0 Å². The number of hydrogen-bond donors (Lipinski definition) is 3. The van der Waals surface area contributed by atoms with E-state index in [4.69, 9.17) is 4.42 Å². The van der Waals surface area contributed by atoms with Crippen molar-refractivity contribution in [2.75, 3.05) is 16.4 Å². The van der Waals surface area contributed by atoms with Crippen LogP contribution in [0, 0.1) is 25.2 Å². The minimum absolute atomic E-state index is 0.0909. The minimum Gasteiger partial charge on any atom is -0.468 e. The van der Waals surface area contributed by atoms with E-state index in [2.05, 4.69) is 22.0 Å². The number of benzene rings is 2. The molecule has 2 amide bonds. The SMILES string of the molecule is CCc1ccccc1NC(=O)CSC1=C(C#N)C(c2ccco2)C(C(=O)Nc2c(C)cccc2C)=C(C)N1. The van der Waals surface area contributed by atoms with Gasteiger partial charge in [0.1, 0.15) is 5.76 Å². The number of nitrogens with one attached hydrogen (secondary N) is 3. The number of anilines is 2. The van der Waals surface area contributed by atoms with Crippen molar-refractivity contribution in [2.24, 2.45) is 0 Å². The molecule has 0 bridgehead atoms. The van der Waals surface area contributed by atoms with Crippen molar-refractivity contribution < 1.29 is 14.0 Å². The summed E-state index contributed by atoms with van der Waals surface area (Å²) in [4.78, 5) is 26.4. The lowest BCUT2D eigenvalue weighted by molar-refractivity contribution is -0.114. The molecule has 3 N–H and O–H groups in total. The molecule has 2 heterocycles. The molecule has 0 saturated heterocycles. The molecule has 8 heteroatoms. The van der Waals surface area contributed by atoms with Gasteiger partial charge in [0.2, 0.25) is 5.91 Å². The maximum atomic E-state index is 13.6. The molecule has 4 rings (SSSR count). The second-order valence-electron chi connectivity index (χ2n) is 9.04. The number of nitrogens with zero attached hydrogens (tertiary/aromatic N) is 1. The van der Waals surface area contributed by atoms with Crippen molar-refractivity contribution in [3.63, 3.8) is 0 Å². The molecule has 0 saturated carbocycles. The molecule has 0 spiro atoms. The number of amides is 2. The first-order valence-electron chi connectivity index (χ1n) is 12.4. The van der Waals surface area contributed by atoms with E-state index in [9.17, 15) is 14.9 Å². The maximum absolute atomic E-state index is 13.6. The van der Waals surface area contributed by atoms with Crippen LogP contribution in [0.15, 0.2) is 87.1 Å². The number of nitriles is 1. The zero-order valence-electron chi connectivity index (χ0n) is 21.8. The number of rotatable bonds is 8. The Labute approximate surface area is 227 Å². The monoisotopic (exact) mass is 526 g/mol. The van der Waals surface area contributed by atoms with Gasteiger partial charge in [-0.25, -0.2) is 0 Å². The number of aryl methyl sites for hydroxylation is 3. The molecular weight excluding hydrogens is 496 g/mol. The van der Waals surface area contributed by atoms with E-state index >= 15 is 0 Å². The van der Waals surface area contributed by atoms with Gasteiger partial charge in [-0.15, -0.1) is 0 Å². The number of carbonyl (C=O) groups excluding carboxylic acids is 2. The van der Waals surface area contributed by atoms with Gasteiger partial charge in [0.05, 0.1) is 40.2 Å². The largest absolute Gasteiger partial charge is 0.468 e. The van der Waals surface area contributed by atoms with Gasteiger partial charge in [-0.2, -0.15) is 5.26 Å². The maximum Gasteiger partial charge on any atom is 0.254 e. The number of dihydropyridines is 1. The van der Waals surface area contributed by atoms with Crippen molar-refractivity contribution >= 4 is 35.0 Å². The Kier molecular flexibility index (Phi) is 8.39. The zero-order valence-corrected chi connectivity index (χ0v) is 22.7. The summed E-state index contributed by atoms with van der Waals surface area (Å²) in [5, 5.41) is 19.9. The predicted molar refractivity (Wildman–Crippen MR) is 151 cm³/mol. The van der Waals surface area contributed by atoms with Gasteiger partial charge in [-0.1, -0.05) is 55.1 Å². The Hall–Kier alpha value is -4.22. The quantitative estimate of drug-likeness (QED) is 0.324. The second kappa shape index (κ2) is 11.9. The normalized spacial score (nSPS) is 15.1. The van der Waals surface area contributed by atoms with Crippen molar-refractivity contribution in [1.29, 1.82) is 5.26 Å². The van der Waals surface area contributed by atoms with Crippen molar-refractivity contribution in [3.05, 3.63) is 105 Å². The predicted octanol–water partition coefficient (Wildman–Crippen LogP) is 6.17. The van der Waals surface area contributed by atoms with Crippen LogP contribution in [-0.4, -0.2) is 17.6 Å². The molecule has 1 aliphatic heterocycles. The minimum atomic E-state index is -0.716. The highest BCUT2D eigenvalue weighted by atomic mass is 32.2. The Morgan fingerprint density at radius 1 is 1.03 bits per heavy atom. The van der Waals surface area contributed by atoms with Crippen LogP contribution in [0.4, 0.5) is 11.4 Å². The van der Waals surface area contributed by atoms with Crippen molar-refractivity contribution in [1.82, 2.24) is 5.32 Å². The fourth-order valence-electron chi connectivity index (χ4n) is 4.53. The Balaban J connectivity index is 1.60. The van der Waals surface area contributed by atoms with E-state index in [1.54, 1.807) is 19.1 Å². The highest BCUT2D eigenvalue weighted by Gasteiger charge is 2.36. The van der Waals surface area contributed by atoms with Crippen LogP contribution in [0.5, 0.6) is 0 Å². The molecule has 0 fully saturated rings. The summed E-state index contributed by atoms with van der Waals surface area (Å²) in [5.74, 6) is -0.648. The zero-order chi connectivity index (χ0) is 27.2. The average Bonchev–Trinajstić information content (AvgIpc) is 3.44. The van der Waals surface area contributed by atoms with Gasteiger partial charge in [0.15, 0.2) is 0 Å². The Morgan fingerprint density at radius 2 is 1.76 bits per heavy atom. The van der Waals surface area contributed by atoms with Gasteiger partial charge in [0.25, 0.3) is 5.91 Å². The molecule has 1 unspecified atom stereocenters. The van der Waals surface area contributed by atoms with E-state index in [-0.39, 0.29) is 17.6 Å². The van der Waals surface area contributed by atoms with E-state index < -0.39 is 5.92 Å². The van der Waals surface area contributed by atoms with E-state index in [1.165, 1.54) is 18.0 Å². The lowest BCUT2D eigenvalue weighted by Crippen LogP contribution is -2.31. The van der Waals surface area contributed by atoms with Crippen molar-refractivity contribution in [2.45, 2.75) is 40.0 Å². The fraction of sp³-hybridized carbons (Fsp3) is 0.233. The summed E-state index contributed by atoms with van der Waals surface area (Å²) in [7, 11) is 0. The molecule has 7 nitrogen and oxygen atoms in total. The Bertz CT molecular complexity index is 1440. The summed E-state index contributed by atoms with van der Waals surface area (Å²) in [6, 6.07) is 19.2. The second-order valence-corrected chi connectivity index (χ2v) is 10.0. The number of furan rings is 1. The summed E-state index contributed by atoms with van der Waals surface area (Å²) in [5.41, 5.74) is 5.76. The van der Waals surface area contributed by atoms with Gasteiger partial charge < -0.3 is 20.4 Å². The third-order valence-corrected chi connectivity index (χ3v) is 7.48. The standard InChI is InChI=1S/C30H30N4O3S/c1-5-21-12-6-7-13-23(21)33-25(35)17-38-30-22(16-31)27(24-14-9-15-37-24)26(20(4)32-30)29(36)34-28-18(2)10-8-11-19(28)3/h6-15,27,32H,5,17H2,1-4H3,(H,33,35)(H,34,36). The molecule has 38 heavy (non-hydrogen) atoms. The van der Waals surface area contributed by atoms with Crippen LogP contribution in [-0.2, 0) is 16.0 Å². The van der Waals surface area contributed by atoms with Crippen molar-refractivity contribution in [3.8, 4) is 6.07 Å². The lowest BCUT2D eigenvalue weighted by atomic mass is 9.85. The molecule has 1 atom stereocenters. The molecule has 0 aliphatic carbocycles. The van der Waals surface area contributed by atoms with Crippen LogP contribution in [0.1, 0.15) is 42.2 Å². The smallest absolute Gasteiger partial charge is 0.254 e. The number of allylic oxidation sites excluding steroid dienone is 2. The molecular formula is C30H30N4O3S. The van der Waals surface area contributed by atoms with Crippen LogP contribution in [0.25, 0.3) is 0 Å². The van der Waals surface area contributed by atoms with Crippen LogP contribution < -0.4 is 16.0 Å². The third-order valence-electron chi connectivity index (χ3n) is 6.46. The number of thioether (sulfide) groups is 1. The molecule has 1 aromatic heterocycles. The first kappa shape index (κ1) is 26.8. The fourth-order valence-corrected chi connectivity index (χ4v) is 5.43. The first-order chi connectivity index (χ1) is 18.3. The molecule has 1 aliphatic rings. The van der Waals surface area contributed by atoms with E-state index in [0.29, 0.717) is 27.6 Å². The first-order valence-corrected chi connectivity index (χ1v) is 13.4. The van der Waals surface area contributed by atoms with Gasteiger partial charge >= 0.3 is 0 Å². The Morgan fingerprint density at radius 3 is 2.42 bits per heavy atom. The van der Waals surface area contributed by atoms with Gasteiger partial charge in [-0.3, -0.25) is 9.59 Å². The average molecular weight is 527 g/mol. The number of hydrogen-bond acceptors (Lipinski definition) is 6. The molecule has 2 aromatic carbocycles. The summed E-state index contributed by atoms with van der Waals surface area (Å²) >= 11 is 1.22. The summed E-state index contributed by atoms with van der Waals surface area (Å²) in [6.07, 6.45) is 2.32. The molecule has 0 radical (unpaired) electrons. The van der Waals surface area contributed by atoms with Crippen LogP contribution >= 0.6 is 11.8 Å².